The van der Waals surface area contributed by atoms with Crippen molar-refractivity contribution in [2.45, 2.75) is 82.6 Å². The van der Waals surface area contributed by atoms with Gasteiger partial charge in [-0.15, -0.1) is 0 Å². The van der Waals surface area contributed by atoms with Gasteiger partial charge in [0.1, 0.15) is 10.7 Å². The summed E-state index contributed by atoms with van der Waals surface area (Å²) in [6.45, 7) is 9.38. The van der Waals surface area contributed by atoms with Gasteiger partial charge >= 0.3 is 0 Å². The number of carbonyl (C=O) groups is 3. The van der Waals surface area contributed by atoms with E-state index >= 15 is 0 Å². The summed E-state index contributed by atoms with van der Waals surface area (Å²) in [7, 11) is 0. The zero-order chi connectivity index (χ0) is 32.5. The lowest BCUT2D eigenvalue weighted by Crippen LogP contribution is -2.62. The summed E-state index contributed by atoms with van der Waals surface area (Å²) in [5, 5.41) is 4.80. The Morgan fingerprint density at radius 2 is 1.85 bits per heavy atom. The standard InChI is InChI=1S/C34H38Cl2N6O3S/c1-19(2)26-29(28(44)27(41-15-5-6-20(41)3)31(45)40-17-25(43)38-34(18-40)13-14-34)46-32-39-33(4,22-9-12-24(36)37-16-22)30(42(26)32)21-7-10-23(35)11-8-21/h7-12,16,19-20,27,30H,5-6,13-15,17-18H2,1-4H3,(H,38,43)/t20-,27?,30-,33+/m1/s1. The summed E-state index contributed by atoms with van der Waals surface area (Å²) >= 11 is 13.8. The highest BCUT2D eigenvalue weighted by molar-refractivity contribution is 8.18. The maximum atomic E-state index is 14.9. The maximum absolute atomic E-state index is 14.9. The zero-order valence-corrected chi connectivity index (χ0v) is 28.8. The van der Waals surface area contributed by atoms with Gasteiger partial charge in [-0.25, -0.2) is 9.98 Å². The number of amidine groups is 1. The summed E-state index contributed by atoms with van der Waals surface area (Å²) < 4.78 is 0. The number of ketones is 1. The Kier molecular flexibility index (Phi) is 8.02. The summed E-state index contributed by atoms with van der Waals surface area (Å²) in [5.41, 5.74) is 1.64. The molecule has 1 aromatic carbocycles. The fourth-order valence-corrected chi connectivity index (χ4v) is 9.18. The van der Waals surface area contributed by atoms with E-state index in [1.165, 1.54) is 11.8 Å². The molecule has 1 aromatic heterocycles. The van der Waals surface area contributed by atoms with Crippen molar-refractivity contribution in [1.82, 2.24) is 25.0 Å². The van der Waals surface area contributed by atoms with E-state index in [0.717, 1.165) is 42.5 Å². The number of nitrogens with one attached hydrogen (secondary N) is 1. The number of rotatable bonds is 7. The second kappa shape index (κ2) is 11.6. The molecule has 46 heavy (non-hydrogen) atoms. The van der Waals surface area contributed by atoms with Gasteiger partial charge < -0.3 is 15.1 Å². The number of hydrogen-bond donors (Lipinski definition) is 1. The molecule has 4 aliphatic heterocycles. The van der Waals surface area contributed by atoms with E-state index in [9.17, 15) is 14.4 Å². The molecule has 12 heteroatoms. The predicted octanol–water partition coefficient (Wildman–Crippen LogP) is 5.54. The van der Waals surface area contributed by atoms with E-state index in [-0.39, 0.29) is 47.7 Å². The van der Waals surface area contributed by atoms with Crippen molar-refractivity contribution in [3.63, 3.8) is 0 Å². The molecule has 1 unspecified atom stereocenters. The van der Waals surface area contributed by atoms with Gasteiger partial charge in [0.05, 0.1) is 23.0 Å². The van der Waals surface area contributed by atoms with Crippen molar-refractivity contribution in [1.29, 1.82) is 0 Å². The fraction of sp³-hybridized carbons (Fsp3) is 0.500. The molecule has 5 aliphatic rings. The van der Waals surface area contributed by atoms with Crippen molar-refractivity contribution in [3.8, 4) is 0 Å². The minimum Gasteiger partial charge on any atom is -0.347 e. The third-order valence-corrected chi connectivity index (χ3v) is 11.7. The van der Waals surface area contributed by atoms with Crippen LogP contribution in [0.2, 0.25) is 10.2 Å². The first-order chi connectivity index (χ1) is 21.9. The first-order valence-electron chi connectivity index (χ1n) is 16.0. The second-order valence-corrected chi connectivity index (χ2v) is 15.5. The van der Waals surface area contributed by atoms with Gasteiger partial charge in [0.15, 0.2) is 17.0 Å². The Hall–Kier alpha value is -2.92. The van der Waals surface area contributed by atoms with Crippen LogP contribution in [0.4, 0.5) is 0 Å². The summed E-state index contributed by atoms with van der Waals surface area (Å²) in [6.07, 6.45) is 5.29. The first-order valence-corrected chi connectivity index (χ1v) is 17.6. The minimum absolute atomic E-state index is 0.0270. The van der Waals surface area contributed by atoms with Gasteiger partial charge in [-0.3, -0.25) is 19.3 Å². The fourth-order valence-electron chi connectivity index (χ4n) is 7.58. The van der Waals surface area contributed by atoms with Gasteiger partial charge in [-0.1, -0.05) is 55.2 Å². The number of piperazine rings is 1. The van der Waals surface area contributed by atoms with E-state index in [0.29, 0.717) is 33.3 Å². The van der Waals surface area contributed by atoms with Crippen molar-refractivity contribution in [3.05, 3.63) is 74.5 Å². The molecule has 3 fully saturated rings. The van der Waals surface area contributed by atoms with Crippen LogP contribution < -0.4 is 5.32 Å². The molecule has 1 aliphatic carbocycles. The molecular formula is C34H38Cl2N6O3S. The Labute approximate surface area is 283 Å². The van der Waals surface area contributed by atoms with Crippen molar-refractivity contribution in [2.24, 2.45) is 10.9 Å². The number of aliphatic imine (C=N–C) groups is 1. The zero-order valence-electron chi connectivity index (χ0n) is 26.4. The second-order valence-electron chi connectivity index (χ2n) is 13.7. The van der Waals surface area contributed by atoms with E-state index in [2.05, 4.69) is 42.9 Å². The molecule has 4 atom stereocenters. The average Bonchev–Trinajstić information content (AvgIpc) is 3.30. The number of likely N-dealkylation sites (tertiary alicyclic amines) is 1. The Bertz CT molecular complexity index is 1660. The molecule has 1 saturated carbocycles. The number of benzene rings is 1. The van der Waals surface area contributed by atoms with E-state index in [1.807, 2.05) is 35.2 Å². The van der Waals surface area contributed by atoms with Gasteiger partial charge in [-0.05, 0) is 87.5 Å². The summed E-state index contributed by atoms with van der Waals surface area (Å²) in [6, 6.07) is 10.2. The summed E-state index contributed by atoms with van der Waals surface area (Å²) in [4.78, 5) is 58.1. The average molecular weight is 682 g/mol. The van der Waals surface area contributed by atoms with Gasteiger partial charge in [0, 0.05) is 35.1 Å². The smallest absolute Gasteiger partial charge is 0.248 e. The lowest BCUT2D eigenvalue weighted by Gasteiger charge is -2.39. The van der Waals surface area contributed by atoms with E-state index < -0.39 is 11.6 Å². The highest BCUT2D eigenvalue weighted by atomic mass is 35.5. The van der Waals surface area contributed by atoms with Gasteiger partial charge in [0.25, 0.3) is 0 Å². The van der Waals surface area contributed by atoms with Crippen LogP contribution in [0.5, 0.6) is 0 Å². The molecular weight excluding hydrogens is 643 g/mol. The van der Waals surface area contributed by atoms with Gasteiger partial charge in [0.2, 0.25) is 11.8 Å². The molecule has 1 spiro atoms. The third kappa shape index (κ3) is 5.35. The topological polar surface area (TPSA) is 98.2 Å². The Morgan fingerprint density at radius 3 is 2.46 bits per heavy atom. The number of thioether (sulfide) groups is 1. The molecule has 2 amide bonds. The molecule has 1 N–H and O–H groups in total. The number of fused-ring (bicyclic) bond motifs is 1. The molecule has 5 heterocycles. The lowest BCUT2D eigenvalue weighted by atomic mass is 9.81. The number of halogens is 2. The van der Waals surface area contributed by atoms with E-state index in [4.69, 9.17) is 28.2 Å². The maximum Gasteiger partial charge on any atom is 0.248 e. The van der Waals surface area contributed by atoms with Crippen LogP contribution in [-0.2, 0) is 19.9 Å². The van der Waals surface area contributed by atoms with Crippen molar-refractivity contribution in [2.75, 3.05) is 19.6 Å². The van der Waals surface area contributed by atoms with Crippen molar-refractivity contribution < 1.29 is 14.4 Å². The Balaban J connectivity index is 1.31. The van der Waals surface area contributed by atoms with Crippen LogP contribution >= 0.6 is 35.0 Å². The monoisotopic (exact) mass is 680 g/mol. The van der Waals surface area contributed by atoms with Gasteiger partial charge in [-0.2, -0.15) is 0 Å². The summed E-state index contributed by atoms with van der Waals surface area (Å²) in [5.74, 6) is -0.713. The number of aromatic nitrogens is 1. The van der Waals surface area contributed by atoms with Crippen LogP contribution in [0.25, 0.3) is 0 Å². The molecule has 2 saturated heterocycles. The number of amides is 2. The van der Waals surface area contributed by atoms with Crippen LogP contribution in [0.1, 0.15) is 70.5 Å². The molecule has 0 bridgehead atoms. The number of nitrogens with zero attached hydrogens (tertiary/aromatic N) is 5. The number of pyridine rings is 1. The molecule has 7 rings (SSSR count). The number of Topliss-reactive ketones (excluding diaryl/α,β-unsaturated/α-hetero) is 1. The highest BCUT2D eigenvalue weighted by Crippen LogP contribution is 2.56. The normalized spacial score (nSPS) is 27.7. The molecule has 0 radical (unpaired) electrons. The van der Waals surface area contributed by atoms with Crippen LogP contribution in [0.15, 0.2) is 58.2 Å². The minimum atomic E-state index is -1.00. The quantitative estimate of drug-likeness (QED) is 0.303. The SMILES string of the molecule is CC(C)C1=C(C(=O)C(C(=O)N2CC(=O)NC3(CC3)C2)N2CCC[C@H]2C)SC2=N[C@@](C)(c3ccc(Cl)nc3)[C@@H](c3ccc(Cl)cc3)N21. The third-order valence-electron chi connectivity index (χ3n) is 10.1. The van der Waals surface area contributed by atoms with Crippen LogP contribution in [-0.4, -0.2) is 79.7 Å². The first kappa shape index (κ1) is 31.7. The molecule has 9 nitrogen and oxygen atoms in total. The molecule has 2 aromatic rings. The lowest BCUT2D eigenvalue weighted by molar-refractivity contribution is -0.147. The molecule has 242 valence electrons. The number of hydrogen-bond acceptors (Lipinski definition) is 8. The van der Waals surface area contributed by atoms with E-state index in [1.54, 1.807) is 17.2 Å². The highest BCUT2D eigenvalue weighted by Gasteiger charge is 2.56. The number of allylic oxidation sites excluding steroid dienone is 1. The van der Waals surface area contributed by atoms with Crippen molar-refractivity contribution >= 4 is 57.7 Å². The predicted molar refractivity (Wildman–Crippen MR) is 180 cm³/mol. The largest absolute Gasteiger partial charge is 0.347 e. The van der Waals surface area contributed by atoms with Crippen LogP contribution in [0, 0.1) is 5.92 Å². The Morgan fingerprint density at radius 1 is 1.11 bits per heavy atom. The number of carbonyl (C=O) groups excluding carboxylic acids is 3. The van der Waals surface area contributed by atoms with Crippen LogP contribution in [0.3, 0.4) is 0 Å².